The van der Waals surface area contributed by atoms with Crippen molar-refractivity contribution in [1.29, 1.82) is 0 Å². The fraction of sp³-hybridized carbons (Fsp3) is 0.462. The topological polar surface area (TPSA) is 24.9 Å². The van der Waals surface area contributed by atoms with Crippen LogP contribution in [0.25, 0.3) is 10.6 Å². The maximum atomic E-state index is 4.66. The van der Waals surface area contributed by atoms with Gasteiger partial charge in [-0.2, -0.15) is 0 Å². The van der Waals surface area contributed by atoms with Gasteiger partial charge < -0.3 is 5.32 Å². The van der Waals surface area contributed by atoms with Crippen molar-refractivity contribution >= 4 is 22.7 Å². The van der Waals surface area contributed by atoms with E-state index in [4.69, 9.17) is 0 Å². The molecule has 2 rings (SSSR count). The average molecular weight is 266 g/mol. The van der Waals surface area contributed by atoms with E-state index in [-0.39, 0.29) is 0 Å². The molecule has 0 aliphatic heterocycles. The van der Waals surface area contributed by atoms with Gasteiger partial charge in [0.1, 0.15) is 5.01 Å². The van der Waals surface area contributed by atoms with E-state index >= 15 is 0 Å². The number of hydrogen-bond donors (Lipinski definition) is 1. The summed E-state index contributed by atoms with van der Waals surface area (Å²) in [5.41, 5.74) is 1.12. The number of aryl methyl sites for hydroxylation is 1. The lowest BCUT2D eigenvalue weighted by molar-refractivity contribution is 0.551. The Labute approximate surface area is 111 Å². The van der Waals surface area contributed by atoms with Gasteiger partial charge in [-0.15, -0.1) is 22.7 Å². The van der Waals surface area contributed by atoms with Gasteiger partial charge in [-0.05, 0) is 31.5 Å². The Morgan fingerprint density at radius 2 is 2.18 bits per heavy atom. The summed E-state index contributed by atoms with van der Waals surface area (Å²) in [5.74, 6) is 0.689. The van der Waals surface area contributed by atoms with Crippen LogP contribution in [0.2, 0.25) is 0 Å². The van der Waals surface area contributed by atoms with Crippen LogP contribution in [0.15, 0.2) is 17.5 Å². The zero-order valence-electron chi connectivity index (χ0n) is 10.5. The molecule has 0 saturated carbocycles. The number of hydrogen-bond acceptors (Lipinski definition) is 4. The van der Waals surface area contributed by atoms with E-state index in [1.807, 2.05) is 0 Å². The van der Waals surface area contributed by atoms with E-state index in [2.05, 4.69) is 48.6 Å². The van der Waals surface area contributed by atoms with Crippen LogP contribution in [0.4, 0.5) is 0 Å². The summed E-state index contributed by atoms with van der Waals surface area (Å²) in [5, 5.41) is 6.75. The molecule has 2 nitrogen and oxygen atoms in total. The average Bonchev–Trinajstić information content (AvgIpc) is 2.86. The smallest absolute Gasteiger partial charge is 0.107 e. The van der Waals surface area contributed by atoms with E-state index in [9.17, 15) is 0 Å². The van der Waals surface area contributed by atoms with Gasteiger partial charge in [-0.3, -0.25) is 0 Å². The molecule has 0 aromatic carbocycles. The van der Waals surface area contributed by atoms with Crippen LogP contribution in [0.5, 0.6) is 0 Å². The van der Waals surface area contributed by atoms with Crippen LogP contribution >= 0.6 is 22.7 Å². The van der Waals surface area contributed by atoms with Crippen molar-refractivity contribution in [2.24, 2.45) is 5.92 Å². The molecule has 0 radical (unpaired) electrons. The quantitative estimate of drug-likeness (QED) is 0.887. The predicted molar refractivity (Wildman–Crippen MR) is 76.7 cm³/mol. The second-order valence-corrected chi connectivity index (χ2v) is 6.79. The van der Waals surface area contributed by atoms with Crippen molar-refractivity contribution in [3.05, 3.63) is 27.4 Å². The Morgan fingerprint density at radius 1 is 1.35 bits per heavy atom. The Bertz CT molecular complexity index is 471. The molecule has 2 heterocycles. The molecule has 0 spiro atoms. The molecule has 0 saturated heterocycles. The number of aromatic nitrogens is 1. The van der Waals surface area contributed by atoms with Crippen LogP contribution in [0, 0.1) is 12.8 Å². The Kier molecular flexibility index (Phi) is 4.31. The molecule has 0 bridgehead atoms. The Balaban J connectivity index is 1.96. The summed E-state index contributed by atoms with van der Waals surface area (Å²) in [6, 6.07) is 4.30. The van der Waals surface area contributed by atoms with E-state index < -0.39 is 0 Å². The number of nitrogens with zero attached hydrogens (tertiary/aromatic N) is 1. The number of rotatable bonds is 5. The van der Waals surface area contributed by atoms with Gasteiger partial charge in [0.25, 0.3) is 0 Å². The van der Waals surface area contributed by atoms with E-state index in [0.717, 1.165) is 18.8 Å². The lowest BCUT2D eigenvalue weighted by Crippen LogP contribution is -2.18. The highest BCUT2D eigenvalue weighted by Crippen LogP contribution is 2.28. The predicted octanol–water partition coefficient (Wildman–Crippen LogP) is 3.93. The monoisotopic (exact) mass is 266 g/mol. The van der Waals surface area contributed by atoms with Crippen LogP contribution < -0.4 is 5.32 Å². The molecular weight excluding hydrogens is 248 g/mol. The maximum Gasteiger partial charge on any atom is 0.107 e. The molecular formula is C13H18N2S2. The summed E-state index contributed by atoms with van der Waals surface area (Å²) >= 11 is 3.55. The first-order valence-corrected chi connectivity index (χ1v) is 7.56. The van der Waals surface area contributed by atoms with E-state index in [0.29, 0.717) is 5.92 Å². The van der Waals surface area contributed by atoms with Crippen LogP contribution in [0.1, 0.15) is 23.7 Å². The van der Waals surface area contributed by atoms with Crippen molar-refractivity contribution in [1.82, 2.24) is 10.3 Å². The van der Waals surface area contributed by atoms with Crippen LogP contribution in [-0.4, -0.2) is 11.5 Å². The minimum atomic E-state index is 0.689. The van der Waals surface area contributed by atoms with Gasteiger partial charge in [-0.25, -0.2) is 4.98 Å². The van der Waals surface area contributed by atoms with E-state index in [1.54, 1.807) is 22.7 Å². The SMILES string of the molecule is Cc1ccc(-c2csc(CNCC(C)C)n2)s1. The number of thiophene rings is 1. The third kappa shape index (κ3) is 3.63. The minimum absolute atomic E-state index is 0.689. The van der Waals surface area contributed by atoms with Gasteiger partial charge in [0.15, 0.2) is 0 Å². The van der Waals surface area contributed by atoms with Gasteiger partial charge in [-0.1, -0.05) is 13.8 Å². The highest BCUT2D eigenvalue weighted by atomic mass is 32.1. The standard InChI is InChI=1S/C13H18N2S2/c1-9(2)6-14-7-13-15-11(8-16-13)12-5-4-10(3)17-12/h4-5,8-9,14H,6-7H2,1-3H3. The van der Waals surface area contributed by atoms with Gasteiger partial charge in [0.2, 0.25) is 0 Å². The highest BCUT2D eigenvalue weighted by molar-refractivity contribution is 7.16. The Hall–Kier alpha value is -0.710. The summed E-state index contributed by atoms with van der Waals surface area (Å²) < 4.78 is 0. The maximum absolute atomic E-state index is 4.66. The second-order valence-electron chi connectivity index (χ2n) is 4.56. The Morgan fingerprint density at radius 3 is 2.82 bits per heavy atom. The van der Waals surface area contributed by atoms with Gasteiger partial charge >= 0.3 is 0 Å². The summed E-state index contributed by atoms with van der Waals surface area (Å²) in [7, 11) is 0. The molecule has 0 unspecified atom stereocenters. The lowest BCUT2D eigenvalue weighted by Gasteiger charge is -2.04. The molecule has 17 heavy (non-hydrogen) atoms. The minimum Gasteiger partial charge on any atom is -0.310 e. The molecule has 2 aromatic rings. The summed E-state index contributed by atoms with van der Waals surface area (Å²) in [6.07, 6.45) is 0. The summed E-state index contributed by atoms with van der Waals surface area (Å²) in [4.78, 5) is 7.27. The van der Waals surface area contributed by atoms with Crippen molar-refractivity contribution < 1.29 is 0 Å². The molecule has 0 fully saturated rings. The molecule has 2 aromatic heterocycles. The van der Waals surface area contributed by atoms with Gasteiger partial charge in [0, 0.05) is 16.8 Å². The normalized spacial score (nSPS) is 11.3. The molecule has 1 N–H and O–H groups in total. The first kappa shape index (κ1) is 12.7. The fourth-order valence-corrected chi connectivity index (χ4v) is 3.21. The second kappa shape index (κ2) is 5.76. The lowest BCUT2D eigenvalue weighted by atomic mass is 10.2. The first-order chi connectivity index (χ1) is 8.15. The molecule has 0 amide bonds. The molecule has 0 atom stereocenters. The first-order valence-electron chi connectivity index (χ1n) is 5.87. The fourth-order valence-electron chi connectivity index (χ4n) is 1.55. The molecule has 4 heteroatoms. The zero-order chi connectivity index (χ0) is 12.3. The van der Waals surface area contributed by atoms with E-state index in [1.165, 1.54) is 14.8 Å². The summed E-state index contributed by atoms with van der Waals surface area (Å²) in [6.45, 7) is 8.50. The molecule has 92 valence electrons. The van der Waals surface area contributed by atoms with Crippen LogP contribution in [-0.2, 0) is 6.54 Å². The van der Waals surface area contributed by atoms with Crippen LogP contribution in [0.3, 0.4) is 0 Å². The largest absolute Gasteiger partial charge is 0.310 e. The molecule has 0 aliphatic carbocycles. The third-order valence-corrected chi connectivity index (χ3v) is 4.25. The number of thiazole rings is 1. The van der Waals surface area contributed by atoms with Gasteiger partial charge in [0.05, 0.1) is 10.6 Å². The van der Waals surface area contributed by atoms with Crippen molar-refractivity contribution in [3.8, 4) is 10.6 Å². The zero-order valence-corrected chi connectivity index (χ0v) is 12.1. The van der Waals surface area contributed by atoms with Crippen molar-refractivity contribution in [2.45, 2.75) is 27.3 Å². The number of nitrogens with one attached hydrogen (secondary N) is 1. The van der Waals surface area contributed by atoms with Crippen molar-refractivity contribution in [3.63, 3.8) is 0 Å². The molecule has 0 aliphatic rings. The third-order valence-electron chi connectivity index (χ3n) is 2.37. The highest BCUT2D eigenvalue weighted by Gasteiger charge is 2.06. The van der Waals surface area contributed by atoms with Crippen molar-refractivity contribution in [2.75, 3.05) is 6.54 Å².